The fourth-order valence-electron chi connectivity index (χ4n) is 2.26. The Morgan fingerprint density at radius 2 is 1.81 bits per heavy atom. The van der Waals surface area contributed by atoms with Gasteiger partial charge in [0.05, 0.1) is 4.90 Å². The lowest BCUT2D eigenvalue weighted by atomic mass is 10.1. The van der Waals surface area contributed by atoms with Crippen LogP contribution < -0.4 is 4.72 Å². The maximum absolute atomic E-state index is 12.3. The molecule has 1 N–H and O–H groups in total. The fraction of sp³-hybridized carbons (Fsp3) is 0.263. The first-order valence-electron chi connectivity index (χ1n) is 8.10. The van der Waals surface area contributed by atoms with Crippen molar-refractivity contribution in [1.29, 1.82) is 0 Å². The third-order valence-electron chi connectivity index (χ3n) is 3.37. The number of nitrogens with zero attached hydrogens (tertiary/aromatic N) is 1. The minimum atomic E-state index is -1.32. The highest BCUT2D eigenvalue weighted by Gasteiger charge is 2.25. The molecule has 26 heavy (non-hydrogen) atoms. The second kappa shape index (κ2) is 7.01. The Hall–Kier alpha value is -2.51. The molecule has 2 aromatic rings. The second-order valence-corrected chi connectivity index (χ2v) is 8.14. The number of carbonyl (C=O) groups excluding carboxylic acids is 1. The molecule has 1 unspecified atom stereocenters. The number of aryl methyl sites for hydroxylation is 1. The Kier molecular flexibility index (Phi) is 4.93. The molecule has 0 radical (unpaired) electrons. The number of hydrogen-bond donors (Lipinski definition) is 1. The van der Waals surface area contributed by atoms with Gasteiger partial charge in [0.15, 0.2) is 5.70 Å². The van der Waals surface area contributed by atoms with E-state index in [-0.39, 0.29) is 17.1 Å². The molecule has 7 heteroatoms. The SMILES string of the molecule is Cc1ccc(/C=C2\N=C(c3ccc(S(=O)NC(C)(C)C)cc3)OC2=O)o1. The number of benzene rings is 1. The Bertz CT molecular complexity index is 918. The number of esters is 1. The predicted octanol–water partition coefficient (Wildman–Crippen LogP) is 3.34. The molecule has 0 saturated heterocycles. The van der Waals surface area contributed by atoms with E-state index in [1.54, 1.807) is 36.4 Å². The molecule has 1 atom stereocenters. The van der Waals surface area contributed by atoms with Crippen LogP contribution in [0.25, 0.3) is 6.08 Å². The van der Waals surface area contributed by atoms with Gasteiger partial charge >= 0.3 is 5.97 Å². The van der Waals surface area contributed by atoms with Crippen LogP contribution in [-0.2, 0) is 20.5 Å². The lowest BCUT2D eigenvalue weighted by Crippen LogP contribution is -2.37. The number of hydrogen-bond acceptors (Lipinski definition) is 5. The van der Waals surface area contributed by atoms with Crippen molar-refractivity contribution in [3.05, 3.63) is 59.2 Å². The summed E-state index contributed by atoms with van der Waals surface area (Å²) in [5.74, 6) is 0.972. The van der Waals surface area contributed by atoms with Gasteiger partial charge in [-0.2, -0.15) is 0 Å². The average molecular weight is 372 g/mol. The van der Waals surface area contributed by atoms with E-state index in [9.17, 15) is 9.00 Å². The zero-order valence-electron chi connectivity index (χ0n) is 15.0. The van der Waals surface area contributed by atoms with Crippen molar-refractivity contribution < 1.29 is 18.2 Å². The number of carbonyl (C=O) groups is 1. The van der Waals surface area contributed by atoms with Crippen molar-refractivity contribution >= 4 is 28.9 Å². The van der Waals surface area contributed by atoms with Crippen molar-refractivity contribution in [1.82, 2.24) is 4.72 Å². The monoisotopic (exact) mass is 372 g/mol. The standard InChI is InChI=1S/C19H20N2O4S/c1-12-5-8-14(24-12)11-16-18(22)25-17(20-16)13-6-9-15(10-7-13)26(23)21-19(2,3)4/h5-11,21H,1-4H3/b16-11-. The summed E-state index contributed by atoms with van der Waals surface area (Å²) in [7, 11) is -1.32. The first-order chi connectivity index (χ1) is 12.2. The van der Waals surface area contributed by atoms with E-state index in [0.717, 1.165) is 5.76 Å². The summed E-state index contributed by atoms with van der Waals surface area (Å²) in [6.45, 7) is 7.66. The highest BCUT2D eigenvalue weighted by Crippen LogP contribution is 2.21. The molecule has 0 amide bonds. The fourth-order valence-corrected chi connectivity index (χ4v) is 3.31. The Morgan fingerprint density at radius 3 is 2.38 bits per heavy atom. The highest BCUT2D eigenvalue weighted by atomic mass is 32.2. The summed E-state index contributed by atoms with van der Waals surface area (Å²) in [5.41, 5.74) is 0.545. The van der Waals surface area contributed by atoms with Gasteiger partial charge in [0.2, 0.25) is 5.90 Å². The van der Waals surface area contributed by atoms with E-state index in [0.29, 0.717) is 16.2 Å². The quantitative estimate of drug-likeness (QED) is 0.659. The van der Waals surface area contributed by atoms with Crippen molar-refractivity contribution in [3.8, 4) is 0 Å². The molecule has 0 aliphatic carbocycles. The van der Waals surface area contributed by atoms with E-state index in [1.165, 1.54) is 0 Å². The Labute approximate surface area is 154 Å². The largest absolute Gasteiger partial charge is 0.462 e. The van der Waals surface area contributed by atoms with Crippen LogP contribution in [0.3, 0.4) is 0 Å². The third kappa shape index (κ3) is 4.36. The molecule has 1 aliphatic rings. The molecule has 1 aromatic heterocycles. The molecule has 0 bridgehead atoms. The number of cyclic esters (lactones) is 1. The van der Waals surface area contributed by atoms with Crippen molar-refractivity contribution in [2.45, 2.75) is 38.1 Å². The number of furan rings is 1. The van der Waals surface area contributed by atoms with Crippen molar-refractivity contribution in [2.24, 2.45) is 4.99 Å². The summed E-state index contributed by atoms with van der Waals surface area (Å²) in [6, 6.07) is 10.5. The molecule has 3 rings (SSSR count). The summed E-state index contributed by atoms with van der Waals surface area (Å²) >= 11 is 0. The molecule has 0 fully saturated rings. The Morgan fingerprint density at radius 1 is 1.12 bits per heavy atom. The number of rotatable bonds is 4. The van der Waals surface area contributed by atoms with E-state index >= 15 is 0 Å². The molecule has 1 aromatic carbocycles. The van der Waals surface area contributed by atoms with Crippen LogP contribution in [0.2, 0.25) is 0 Å². The van der Waals surface area contributed by atoms with Gasteiger partial charge in [0.1, 0.15) is 22.5 Å². The minimum Gasteiger partial charge on any atom is -0.462 e. The number of ether oxygens (including phenoxy) is 1. The normalized spacial score (nSPS) is 17.3. The van der Waals surface area contributed by atoms with Gasteiger partial charge in [0.25, 0.3) is 0 Å². The molecular weight excluding hydrogens is 352 g/mol. The topological polar surface area (TPSA) is 80.9 Å². The third-order valence-corrected chi connectivity index (χ3v) is 4.87. The minimum absolute atomic E-state index is 0.177. The van der Waals surface area contributed by atoms with Crippen LogP contribution in [0, 0.1) is 6.92 Å². The highest BCUT2D eigenvalue weighted by molar-refractivity contribution is 7.83. The van der Waals surface area contributed by atoms with Crippen LogP contribution >= 0.6 is 0 Å². The van der Waals surface area contributed by atoms with E-state index in [2.05, 4.69) is 9.71 Å². The van der Waals surface area contributed by atoms with E-state index in [4.69, 9.17) is 9.15 Å². The molecule has 0 spiro atoms. The average Bonchev–Trinajstić information content (AvgIpc) is 3.12. The molecular formula is C19H20N2O4S. The van der Waals surface area contributed by atoms with Gasteiger partial charge in [-0.05, 0) is 64.1 Å². The second-order valence-electron chi connectivity index (χ2n) is 6.93. The smallest absolute Gasteiger partial charge is 0.363 e. The van der Waals surface area contributed by atoms with Gasteiger partial charge < -0.3 is 9.15 Å². The molecule has 1 aliphatic heterocycles. The van der Waals surface area contributed by atoms with Gasteiger partial charge in [-0.1, -0.05) is 0 Å². The van der Waals surface area contributed by atoms with Gasteiger partial charge in [-0.3, -0.25) is 0 Å². The zero-order valence-corrected chi connectivity index (χ0v) is 15.8. The predicted molar refractivity (Wildman–Crippen MR) is 99.8 cm³/mol. The molecule has 6 nitrogen and oxygen atoms in total. The van der Waals surface area contributed by atoms with E-state index in [1.807, 2.05) is 33.8 Å². The summed E-state index contributed by atoms with van der Waals surface area (Å²) in [4.78, 5) is 16.9. The molecule has 2 heterocycles. The maximum atomic E-state index is 12.3. The van der Waals surface area contributed by atoms with Crippen LogP contribution in [-0.4, -0.2) is 21.6 Å². The van der Waals surface area contributed by atoms with Gasteiger partial charge in [-0.15, -0.1) is 0 Å². The zero-order chi connectivity index (χ0) is 18.9. The maximum Gasteiger partial charge on any atom is 0.363 e. The van der Waals surface area contributed by atoms with Crippen molar-refractivity contribution in [2.75, 3.05) is 0 Å². The van der Waals surface area contributed by atoms with Crippen LogP contribution in [0.5, 0.6) is 0 Å². The summed E-state index contributed by atoms with van der Waals surface area (Å²) in [5, 5.41) is 0. The lowest BCUT2D eigenvalue weighted by Gasteiger charge is -2.19. The first-order valence-corrected chi connectivity index (χ1v) is 9.25. The van der Waals surface area contributed by atoms with E-state index < -0.39 is 17.0 Å². The van der Waals surface area contributed by atoms with Crippen LogP contribution in [0.1, 0.15) is 37.9 Å². The van der Waals surface area contributed by atoms with Crippen molar-refractivity contribution in [3.63, 3.8) is 0 Å². The lowest BCUT2D eigenvalue weighted by molar-refractivity contribution is -0.129. The number of aliphatic imine (C=N–C) groups is 1. The number of nitrogens with one attached hydrogen (secondary N) is 1. The first kappa shape index (κ1) is 18.3. The van der Waals surface area contributed by atoms with Crippen LogP contribution in [0.4, 0.5) is 0 Å². The van der Waals surface area contributed by atoms with Gasteiger partial charge in [0, 0.05) is 17.2 Å². The molecule has 0 saturated carbocycles. The Balaban J connectivity index is 1.79. The molecule has 136 valence electrons. The van der Waals surface area contributed by atoms with Crippen LogP contribution in [0.15, 0.2) is 56.4 Å². The summed E-state index contributed by atoms with van der Waals surface area (Å²) in [6.07, 6.45) is 1.54. The van der Waals surface area contributed by atoms with Gasteiger partial charge in [-0.25, -0.2) is 18.7 Å². The summed E-state index contributed by atoms with van der Waals surface area (Å²) < 4.78 is 25.9.